The van der Waals surface area contributed by atoms with Gasteiger partial charge in [-0.2, -0.15) is 0 Å². The summed E-state index contributed by atoms with van der Waals surface area (Å²) in [6.07, 6.45) is 3.49. The zero-order chi connectivity index (χ0) is 10.2. The third-order valence-corrected chi connectivity index (χ3v) is 2.17. The van der Waals surface area contributed by atoms with Gasteiger partial charge in [0.25, 0.3) is 0 Å². The van der Waals surface area contributed by atoms with Crippen LogP contribution in [0.4, 0.5) is 5.95 Å². The zero-order valence-corrected chi connectivity index (χ0v) is 8.90. The zero-order valence-electron chi connectivity index (χ0n) is 8.90. The van der Waals surface area contributed by atoms with E-state index in [-0.39, 0.29) is 0 Å². The van der Waals surface area contributed by atoms with Crippen molar-refractivity contribution in [1.82, 2.24) is 14.9 Å². The molecule has 1 rings (SSSR count). The highest BCUT2D eigenvalue weighted by molar-refractivity contribution is 5.21. The molecular weight excluding hydrogens is 176 g/mol. The summed E-state index contributed by atoms with van der Waals surface area (Å²) in [6.45, 7) is 8.45. The van der Waals surface area contributed by atoms with Crippen LogP contribution in [0.15, 0.2) is 18.5 Å². The van der Waals surface area contributed by atoms with Crippen LogP contribution in [-0.2, 0) is 0 Å². The smallest absolute Gasteiger partial charge is 0.222 e. The molecule has 78 valence electrons. The van der Waals surface area contributed by atoms with Crippen molar-refractivity contribution in [3.63, 3.8) is 0 Å². The summed E-state index contributed by atoms with van der Waals surface area (Å²) in [5, 5.41) is 3.18. The first-order valence-electron chi connectivity index (χ1n) is 5.10. The highest BCUT2D eigenvalue weighted by atomic mass is 15.2. The molecule has 0 fully saturated rings. The lowest BCUT2D eigenvalue weighted by molar-refractivity contribution is 0.316. The molecule has 4 heteroatoms. The van der Waals surface area contributed by atoms with Crippen molar-refractivity contribution >= 4 is 5.95 Å². The Morgan fingerprint density at radius 3 is 2.43 bits per heavy atom. The fraction of sp³-hybridized carbons (Fsp3) is 0.600. The van der Waals surface area contributed by atoms with Crippen molar-refractivity contribution in [1.29, 1.82) is 0 Å². The maximum Gasteiger partial charge on any atom is 0.222 e. The summed E-state index contributed by atoms with van der Waals surface area (Å²) in [4.78, 5) is 10.5. The summed E-state index contributed by atoms with van der Waals surface area (Å²) in [5.74, 6) is 0.708. The molecule has 14 heavy (non-hydrogen) atoms. The first-order chi connectivity index (χ1) is 6.86. The molecule has 4 nitrogen and oxygen atoms in total. The van der Waals surface area contributed by atoms with Crippen LogP contribution >= 0.6 is 0 Å². The van der Waals surface area contributed by atoms with E-state index in [0.29, 0.717) is 5.95 Å². The summed E-state index contributed by atoms with van der Waals surface area (Å²) >= 11 is 0. The van der Waals surface area contributed by atoms with Gasteiger partial charge in [-0.05, 0) is 19.2 Å². The number of nitrogens with zero attached hydrogens (tertiary/aromatic N) is 3. The first-order valence-corrected chi connectivity index (χ1v) is 5.10. The van der Waals surface area contributed by atoms with E-state index >= 15 is 0 Å². The molecule has 0 radical (unpaired) electrons. The summed E-state index contributed by atoms with van der Waals surface area (Å²) in [5.41, 5.74) is 0. The number of aromatic nitrogens is 2. The normalized spacial score (nSPS) is 10.5. The van der Waals surface area contributed by atoms with Crippen molar-refractivity contribution in [2.24, 2.45) is 0 Å². The average molecular weight is 194 g/mol. The van der Waals surface area contributed by atoms with Crippen LogP contribution in [0.1, 0.15) is 13.8 Å². The average Bonchev–Trinajstić information content (AvgIpc) is 2.26. The Bertz CT molecular complexity index is 233. The standard InChI is InChI=1S/C10H18N4/c1-3-14(4-2)9-8-13-10-11-6-5-7-12-10/h5-7H,3-4,8-9H2,1-2H3,(H,11,12,13). The molecule has 0 aliphatic rings. The molecule has 0 atom stereocenters. The molecule has 0 aliphatic carbocycles. The number of hydrogen-bond acceptors (Lipinski definition) is 4. The Kier molecular flexibility index (Phi) is 4.93. The second-order valence-electron chi connectivity index (χ2n) is 3.03. The Morgan fingerprint density at radius 1 is 1.21 bits per heavy atom. The van der Waals surface area contributed by atoms with Gasteiger partial charge in [0.2, 0.25) is 5.95 Å². The number of anilines is 1. The number of nitrogens with one attached hydrogen (secondary N) is 1. The van der Waals surface area contributed by atoms with E-state index in [1.165, 1.54) is 0 Å². The molecule has 1 N–H and O–H groups in total. The van der Waals surface area contributed by atoms with Crippen LogP contribution < -0.4 is 5.32 Å². The van der Waals surface area contributed by atoms with E-state index < -0.39 is 0 Å². The summed E-state index contributed by atoms with van der Waals surface area (Å²) < 4.78 is 0. The predicted octanol–water partition coefficient (Wildman–Crippen LogP) is 1.23. The maximum atomic E-state index is 4.09. The third-order valence-electron chi connectivity index (χ3n) is 2.17. The monoisotopic (exact) mass is 194 g/mol. The van der Waals surface area contributed by atoms with E-state index in [0.717, 1.165) is 26.2 Å². The fourth-order valence-electron chi connectivity index (χ4n) is 1.26. The van der Waals surface area contributed by atoms with E-state index in [9.17, 15) is 0 Å². The predicted molar refractivity (Wildman–Crippen MR) is 58.3 cm³/mol. The van der Waals surface area contributed by atoms with Gasteiger partial charge in [0, 0.05) is 25.5 Å². The molecule has 0 saturated carbocycles. The molecule has 1 heterocycles. The van der Waals surface area contributed by atoms with Gasteiger partial charge in [-0.3, -0.25) is 0 Å². The quantitative estimate of drug-likeness (QED) is 0.739. The molecule has 0 aliphatic heterocycles. The molecule has 0 spiro atoms. The largest absolute Gasteiger partial charge is 0.353 e. The van der Waals surface area contributed by atoms with Crippen molar-refractivity contribution in [2.45, 2.75) is 13.8 Å². The second-order valence-corrected chi connectivity index (χ2v) is 3.03. The number of rotatable bonds is 6. The minimum atomic E-state index is 0.708. The van der Waals surface area contributed by atoms with Crippen LogP contribution in [0.2, 0.25) is 0 Å². The second kappa shape index (κ2) is 6.32. The Hall–Kier alpha value is -1.16. The molecule has 0 saturated heterocycles. The van der Waals surface area contributed by atoms with Crippen LogP contribution in [0.25, 0.3) is 0 Å². The van der Waals surface area contributed by atoms with E-state index in [4.69, 9.17) is 0 Å². The fourth-order valence-corrected chi connectivity index (χ4v) is 1.26. The topological polar surface area (TPSA) is 41.0 Å². The van der Waals surface area contributed by atoms with Gasteiger partial charge < -0.3 is 10.2 Å². The van der Waals surface area contributed by atoms with Crippen molar-refractivity contribution in [2.75, 3.05) is 31.5 Å². The molecule has 1 aromatic rings. The van der Waals surface area contributed by atoms with Crippen LogP contribution in [0, 0.1) is 0 Å². The van der Waals surface area contributed by atoms with Crippen LogP contribution in [-0.4, -0.2) is 41.0 Å². The van der Waals surface area contributed by atoms with Gasteiger partial charge in [-0.15, -0.1) is 0 Å². The Balaban J connectivity index is 2.21. The maximum absolute atomic E-state index is 4.09. The van der Waals surface area contributed by atoms with Gasteiger partial charge in [0.15, 0.2) is 0 Å². The summed E-state index contributed by atoms with van der Waals surface area (Å²) in [6, 6.07) is 1.82. The van der Waals surface area contributed by atoms with Gasteiger partial charge in [0.05, 0.1) is 0 Å². The lowest BCUT2D eigenvalue weighted by Gasteiger charge is -2.17. The molecule has 0 unspecified atom stereocenters. The Labute approximate surface area is 85.4 Å². The summed E-state index contributed by atoms with van der Waals surface area (Å²) in [7, 11) is 0. The SMILES string of the molecule is CCN(CC)CCNc1ncccn1. The number of likely N-dealkylation sites (N-methyl/N-ethyl adjacent to an activating group) is 1. The lowest BCUT2D eigenvalue weighted by Crippen LogP contribution is -2.28. The van der Waals surface area contributed by atoms with Crippen LogP contribution in [0.5, 0.6) is 0 Å². The number of hydrogen-bond donors (Lipinski definition) is 1. The first kappa shape index (κ1) is 10.9. The lowest BCUT2D eigenvalue weighted by atomic mass is 10.4. The van der Waals surface area contributed by atoms with Crippen molar-refractivity contribution in [3.8, 4) is 0 Å². The van der Waals surface area contributed by atoms with Crippen molar-refractivity contribution in [3.05, 3.63) is 18.5 Å². The van der Waals surface area contributed by atoms with E-state index in [1.807, 2.05) is 6.07 Å². The highest BCUT2D eigenvalue weighted by Gasteiger charge is 1.98. The van der Waals surface area contributed by atoms with Gasteiger partial charge >= 0.3 is 0 Å². The Morgan fingerprint density at radius 2 is 1.86 bits per heavy atom. The molecule has 0 bridgehead atoms. The van der Waals surface area contributed by atoms with Gasteiger partial charge in [-0.25, -0.2) is 9.97 Å². The van der Waals surface area contributed by atoms with Crippen molar-refractivity contribution < 1.29 is 0 Å². The highest BCUT2D eigenvalue weighted by Crippen LogP contribution is 1.93. The van der Waals surface area contributed by atoms with Crippen LogP contribution in [0.3, 0.4) is 0 Å². The van der Waals surface area contributed by atoms with E-state index in [1.54, 1.807) is 12.4 Å². The molecular formula is C10H18N4. The minimum Gasteiger partial charge on any atom is -0.353 e. The molecule has 0 aromatic carbocycles. The van der Waals surface area contributed by atoms with E-state index in [2.05, 4.69) is 34.0 Å². The molecule has 1 aromatic heterocycles. The third kappa shape index (κ3) is 3.70. The molecule has 0 amide bonds. The van der Waals surface area contributed by atoms with Gasteiger partial charge in [-0.1, -0.05) is 13.8 Å². The minimum absolute atomic E-state index is 0.708. The van der Waals surface area contributed by atoms with Gasteiger partial charge in [0.1, 0.15) is 0 Å².